The van der Waals surface area contributed by atoms with E-state index in [1.54, 1.807) is 12.1 Å². The second-order valence-corrected chi connectivity index (χ2v) is 8.69. The van der Waals surface area contributed by atoms with E-state index in [9.17, 15) is 13.2 Å². The Balaban J connectivity index is 1.36. The third-order valence-electron chi connectivity index (χ3n) is 4.46. The molecule has 2 aromatic rings. The van der Waals surface area contributed by atoms with Gasteiger partial charge in [0, 0.05) is 32.3 Å². The second kappa shape index (κ2) is 8.54. The average Bonchev–Trinajstić information content (AvgIpc) is 3.11. The molecule has 3 rings (SSSR count). The van der Waals surface area contributed by atoms with Gasteiger partial charge in [0.25, 0.3) is 0 Å². The van der Waals surface area contributed by atoms with Gasteiger partial charge in [-0.05, 0) is 47.4 Å². The van der Waals surface area contributed by atoms with Crippen LogP contribution in [0.5, 0.6) is 5.75 Å². The van der Waals surface area contributed by atoms with E-state index in [2.05, 4.69) is 28.8 Å². The summed E-state index contributed by atoms with van der Waals surface area (Å²) >= 11 is 0. The number of carbonyl (C=O) groups excluding carboxylic acids is 1. The first kappa shape index (κ1) is 19.4. The van der Waals surface area contributed by atoms with E-state index in [1.807, 2.05) is 0 Å². The van der Waals surface area contributed by atoms with Crippen molar-refractivity contribution < 1.29 is 17.9 Å². The molecule has 1 aliphatic rings. The number of ether oxygens (including phenoxy) is 1. The van der Waals surface area contributed by atoms with Gasteiger partial charge in [0.05, 0.1) is 11.5 Å². The van der Waals surface area contributed by atoms with E-state index in [0.29, 0.717) is 31.7 Å². The van der Waals surface area contributed by atoms with Gasteiger partial charge in [-0.15, -0.1) is 0 Å². The summed E-state index contributed by atoms with van der Waals surface area (Å²) in [7, 11) is -3.20. The fraction of sp³-hybridized carbons (Fsp3) is 0.350. The fourth-order valence-corrected chi connectivity index (χ4v) is 3.58. The first-order chi connectivity index (χ1) is 12.9. The summed E-state index contributed by atoms with van der Waals surface area (Å²) in [4.78, 5) is 12.2. The zero-order chi connectivity index (χ0) is 19.3. The van der Waals surface area contributed by atoms with Crippen molar-refractivity contribution in [2.45, 2.75) is 37.4 Å². The molecule has 0 fully saturated rings. The summed E-state index contributed by atoms with van der Waals surface area (Å²) in [6.07, 6.45) is 2.14. The average molecular weight is 388 g/mol. The van der Waals surface area contributed by atoms with Crippen LogP contribution in [0.3, 0.4) is 0 Å². The molecule has 144 valence electrons. The van der Waals surface area contributed by atoms with Crippen LogP contribution in [0.15, 0.2) is 47.4 Å². The minimum atomic E-state index is -3.20. The molecule has 2 N–H and O–H groups in total. The van der Waals surface area contributed by atoms with Crippen molar-refractivity contribution >= 4 is 15.7 Å². The Morgan fingerprint density at radius 1 is 1.11 bits per heavy atom. The molecule has 0 atom stereocenters. The summed E-state index contributed by atoms with van der Waals surface area (Å²) in [6, 6.07) is 12.6. The molecule has 0 unspecified atom stereocenters. The van der Waals surface area contributed by atoms with Crippen LogP contribution < -0.4 is 15.4 Å². The van der Waals surface area contributed by atoms with Gasteiger partial charge in [-0.2, -0.15) is 0 Å². The number of carbonyl (C=O) groups is 1. The highest BCUT2D eigenvalue weighted by atomic mass is 32.2. The number of nitrogens with one attached hydrogen (secondary N) is 2. The van der Waals surface area contributed by atoms with E-state index in [1.165, 1.54) is 29.5 Å². The molecule has 0 saturated carbocycles. The van der Waals surface area contributed by atoms with Crippen molar-refractivity contribution in [3.05, 3.63) is 59.2 Å². The van der Waals surface area contributed by atoms with E-state index in [-0.39, 0.29) is 10.8 Å². The van der Waals surface area contributed by atoms with Crippen molar-refractivity contribution in [2.75, 3.05) is 12.9 Å². The summed E-state index contributed by atoms with van der Waals surface area (Å²) in [5.41, 5.74) is 3.73. The Morgan fingerprint density at radius 2 is 1.85 bits per heavy atom. The van der Waals surface area contributed by atoms with Gasteiger partial charge >= 0.3 is 0 Å². The zero-order valence-electron chi connectivity index (χ0n) is 15.3. The number of hydrogen-bond donors (Lipinski definition) is 2. The van der Waals surface area contributed by atoms with Gasteiger partial charge in [-0.3, -0.25) is 4.79 Å². The number of sulfone groups is 1. The summed E-state index contributed by atoms with van der Waals surface area (Å²) in [5, 5.41) is 6.24. The normalized spacial score (nSPS) is 13.2. The van der Waals surface area contributed by atoms with Crippen molar-refractivity contribution in [1.29, 1.82) is 0 Å². The first-order valence-electron chi connectivity index (χ1n) is 8.93. The molecule has 0 spiro atoms. The van der Waals surface area contributed by atoms with E-state index < -0.39 is 9.84 Å². The minimum Gasteiger partial charge on any atom is -0.494 e. The van der Waals surface area contributed by atoms with Crippen LogP contribution in [0.1, 0.15) is 29.5 Å². The molecular weight excluding hydrogens is 364 g/mol. The smallest absolute Gasteiger partial charge is 0.220 e. The predicted octanol–water partition coefficient (Wildman–Crippen LogP) is 2.17. The highest BCUT2D eigenvalue weighted by Crippen LogP contribution is 2.17. The maximum atomic E-state index is 12.0. The quantitative estimate of drug-likeness (QED) is 0.677. The lowest BCUT2D eigenvalue weighted by molar-refractivity contribution is -0.121. The Kier molecular flexibility index (Phi) is 6.13. The van der Waals surface area contributed by atoms with Crippen LogP contribution in [0, 0.1) is 0 Å². The monoisotopic (exact) mass is 388 g/mol. The van der Waals surface area contributed by atoms with Crippen LogP contribution in [-0.2, 0) is 34.3 Å². The summed E-state index contributed by atoms with van der Waals surface area (Å²) in [6.45, 7) is 2.73. The lowest BCUT2D eigenvalue weighted by Gasteiger charge is -2.08. The van der Waals surface area contributed by atoms with Gasteiger partial charge in [0.2, 0.25) is 5.91 Å². The van der Waals surface area contributed by atoms with Crippen LogP contribution in [-0.4, -0.2) is 27.2 Å². The molecule has 0 aliphatic carbocycles. The van der Waals surface area contributed by atoms with Gasteiger partial charge in [-0.25, -0.2) is 8.42 Å². The third kappa shape index (κ3) is 5.55. The van der Waals surface area contributed by atoms with E-state index >= 15 is 0 Å². The van der Waals surface area contributed by atoms with Gasteiger partial charge in [0.1, 0.15) is 5.75 Å². The highest BCUT2D eigenvalue weighted by molar-refractivity contribution is 7.90. The largest absolute Gasteiger partial charge is 0.494 e. The molecule has 1 heterocycles. The van der Waals surface area contributed by atoms with Crippen molar-refractivity contribution in [3.63, 3.8) is 0 Å². The Hall–Kier alpha value is -2.38. The molecule has 6 nitrogen and oxygen atoms in total. The van der Waals surface area contributed by atoms with Crippen LogP contribution >= 0.6 is 0 Å². The number of benzene rings is 2. The molecule has 2 aromatic carbocycles. The van der Waals surface area contributed by atoms with Crippen LogP contribution in [0.4, 0.5) is 0 Å². The van der Waals surface area contributed by atoms with Crippen molar-refractivity contribution in [3.8, 4) is 5.75 Å². The Morgan fingerprint density at radius 3 is 2.59 bits per heavy atom. The Labute approximate surface area is 159 Å². The third-order valence-corrected chi connectivity index (χ3v) is 5.59. The number of rotatable bonds is 8. The number of amides is 1. The highest BCUT2D eigenvalue weighted by Gasteiger charge is 2.10. The number of fused-ring (bicyclic) bond motifs is 1. The van der Waals surface area contributed by atoms with Crippen molar-refractivity contribution in [2.24, 2.45) is 0 Å². The molecule has 0 radical (unpaired) electrons. The fourth-order valence-electron chi connectivity index (χ4n) is 2.95. The SMILES string of the molecule is CS(=O)(=O)c1ccc(OCCCC(=O)NCc2ccc3c(c2)CNC3)cc1. The zero-order valence-corrected chi connectivity index (χ0v) is 16.1. The van der Waals surface area contributed by atoms with Crippen molar-refractivity contribution in [1.82, 2.24) is 10.6 Å². The van der Waals surface area contributed by atoms with Gasteiger partial charge in [0.15, 0.2) is 9.84 Å². The minimum absolute atomic E-state index is 0.00959. The first-order valence-corrected chi connectivity index (χ1v) is 10.8. The van der Waals surface area contributed by atoms with Crippen LogP contribution in [0.2, 0.25) is 0 Å². The lowest BCUT2D eigenvalue weighted by atomic mass is 10.1. The Bertz CT molecular complexity index is 908. The maximum absolute atomic E-state index is 12.0. The molecule has 0 bridgehead atoms. The summed E-state index contributed by atoms with van der Waals surface area (Å²) in [5.74, 6) is 0.583. The van der Waals surface area contributed by atoms with Crippen LogP contribution in [0.25, 0.3) is 0 Å². The van der Waals surface area contributed by atoms with Gasteiger partial charge in [-0.1, -0.05) is 18.2 Å². The standard InChI is InChI=1S/C20H24N2O4S/c1-27(24,25)19-8-6-18(7-9-19)26-10-2-3-20(23)22-12-15-4-5-16-13-21-14-17(16)11-15/h4-9,11,21H,2-3,10,12-14H2,1H3,(H,22,23). The maximum Gasteiger partial charge on any atom is 0.220 e. The lowest BCUT2D eigenvalue weighted by Crippen LogP contribution is -2.23. The molecule has 27 heavy (non-hydrogen) atoms. The van der Waals surface area contributed by atoms with E-state index in [0.717, 1.165) is 18.7 Å². The molecular formula is C20H24N2O4S. The molecule has 0 aromatic heterocycles. The molecule has 7 heteroatoms. The predicted molar refractivity (Wildman–Crippen MR) is 103 cm³/mol. The molecule has 0 saturated heterocycles. The molecule has 1 amide bonds. The summed E-state index contributed by atoms with van der Waals surface area (Å²) < 4.78 is 28.4. The number of hydrogen-bond acceptors (Lipinski definition) is 5. The topological polar surface area (TPSA) is 84.5 Å². The second-order valence-electron chi connectivity index (χ2n) is 6.68. The van der Waals surface area contributed by atoms with E-state index in [4.69, 9.17) is 4.74 Å². The van der Waals surface area contributed by atoms with Gasteiger partial charge < -0.3 is 15.4 Å². The molecule has 1 aliphatic heterocycles.